The van der Waals surface area contributed by atoms with Crippen LogP contribution >= 0.6 is 0 Å². The van der Waals surface area contributed by atoms with Crippen LogP contribution in [0.1, 0.15) is 37.8 Å². The first kappa shape index (κ1) is 15.3. The van der Waals surface area contributed by atoms with Crippen LogP contribution in [-0.4, -0.2) is 23.0 Å². The zero-order valence-electron chi connectivity index (χ0n) is 13.5. The molecule has 4 rings (SSSR count). The molecule has 3 saturated heterocycles. The summed E-state index contributed by atoms with van der Waals surface area (Å²) in [5.41, 5.74) is -0.503. The molecule has 2 bridgehead atoms. The van der Waals surface area contributed by atoms with Crippen molar-refractivity contribution in [3.05, 3.63) is 29.3 Å². The summed E-state index contributed by atoms with van der Waals surface area (Å²) >= 11 is 0. The molecular weight excluding hydrogens is 311 g/mol. The van der Waals surface area contributed by atoms with E-state index in [4.69, 9.17) is 10.00 Å². The van der Waals surface area contributed by atoms with Crippen molar-refractivity contribution in [3.63, 3.8) is 0 Å². The molecular formula is C18H17FN2O3. The van der Waals surface area contributed by atoms with Crippen LogP contribution in [0.2, 0.25) is 0 Å². The summed E-state index contributed by atoms with van der Waals surface area (Å²) < 4.78 is 19.2. The van der Waals surface area contributed by atoms with Gasteiger partial charge in [-0.15, -0.1) is 0 Å². The lowest BCUT2D eigenvalue weighted by Crippen LogP contribution is -2.40. The number of fused-ring (bicyclic) bond motifs is 5. The van der Waals surface area contributed by atoms with Gasteiger partial charge >= 0.3 is 0 Å². The van der Waals surface area contributed by atoms with Crippen molar-refractivity contribution in [2.45, 2.75) is 44.6 Å². The van der Waals surface area contributed by atoms with Gasteiger partial charge in [0.1, 0.15) is 6.67 Å². The molecule has 3 heterocycles. The fourth-order valence-corrected chi connectivity index (χ4v) is 4.66. The maximum Gasteiger partial charge on any atom is 0.240 e. The maximum atomic E-state index is 13.2. The van der Waals surface area contributed by atoms with E-state index in [1.54, 1.807) is 0 Å². The summed E-state index contributed by atoms with van der Waals surface area (Å²) in [6.45, 7) is 2.96. The summed E-state index contributed by atoms with van der Waals surface area (Å²) in [5, 5.41) is 9.01. The predicted molar refractivity (Wildman–Crippen MR) is 82.6 cm³/mol. The molecule has 6 heteroatoms. The Morgan fingerprint density at radius 1 is 1.25 bits per heavy atom. The Bertz CT molecular complexity index is 783. The number of ether oxygens (including phenoxy) is 1. The molecule has 5 nitrogen and oxygen atoms in total. The Kier molecular flexibility index (Phi) is 2.95. The molecule has 3 aliphatic rings. The van der Waals surface area contributed by atoms with E-state index in [1.165, 1.54) is 18.2 Å². The molecule has 24 heavy (non-hydrogen) atoms. The van der Waals surface area contributed by atoms with Gasteiger partial charge < -0.3 is 4.74 Å². The summed E-state index contributed by atoms with van der Waals surface area (Å²) in [4.78, 5) is 27.1. The second-order valence-corrected chi connectivity index (χ2v) is 7.28. The number of carbonyl (C=O) groups is 2. The number of rotatable bonds is 2. The van der Waals surface area contributed by atoms with Gasteiger partial charge in [0.25, 0.3) is 0 Å². The van der Waals surface area contributed by atoms with Crippen LogP contribution in [0, 0.1) is 23.2 Å². The first-order chi connectivity index (χ1) is 11.3. The lowest BCUT2D eigenvalue weighted by Gasteiger charge is -2.27. The highest BCUT2D eigenvalue weighted by molar-refractivity contribution is 6.23. The molecule has 4 atom stereocenters. The third-order valence-corrected chi connectivity index (χ3v) is 5.82. The van der Waals surface area contributed by atoms with Gasteiger partial charge in [-0.2, -0.15) is 5.26 Å². The van der Waals surface area contributed by atoms with Crippen molar-refractivity contribution in [2.75, 3.05) is 4.90 Å². The monoisotopic (exact) mass is 328 g/mol. The van der Waals surface area contributed by atoms with Crippen LogP contribution < -0.4 is 4.90 Å². The molecule has 0 N–H and O–H groups in total. The van der Waals surface area contributed by atoms with Crippen molar-refractivity contribution < 1.29 is 18.7 Å². The van der Waals surface area contributed by atoms with Gasteiger partial charge in [0.15, 0.2) is 0 Å². The summed E-state index contributed by atoms with van der Waals surface area (Å²) in [6, 6.07) is 6.32. The summed E-state index contributed by atoms with van der Waals surface area (Å²) in [7, 11) is 0. The smallest absolute Gasteiger partial charge is 0.240 e. The third kappa shape index (κ3) is 1.71. The van der Waals surface area contributed by atoms with Crippen molar-refractivity contribution >= 4 is 17.5 Å². The minimum Gasteiger partial charge on any atom is -0.367 e. The van der Waals surface area contributed by atoms with Gasteiger partial charge in [0.05, 0.1) is 40.4 Å². The van der Waals surface area contributed by atoms with Crippen LogP contribution in [0.4, 0.5) is 10.1 Å². The van der Waals surface area contributed by atoms with Crippen LogP contribution in [0.3, 0.4) is 0 Å². The first-order valence-corrected chi connectivity index (χ1v) is 8.01. The highest BCUT2D eigenvalue weighted by Crippen LogP contribution is 2.60. The number of anilines is 1. The lowest BCUT2D eigenvalue weighted by atomic mass is 9.69. The van der Waals surface area contributed by atoms with Gasteiger partial charge in [0.2, 0.25) is 11.8 Å². The van der Waals surface area contributed by atoms with Crippen LogP contribution in [0.5, 0.6) is 0 Å². The van der Waals surface area contributed by atoms with Crippen molar-refractivity contribution in [1.82, 2.24) is 0 Å². The fourth-order valence-electron chi connectivity index (χ4n) is 4.66. The van der Waals surface area contributed by atoms with E-state index in [1.807, 2.05) is 19.9 Å². The molecule has 1 aromatic rings. The van der Waals surface area contributed by atoms with Crippen molar-refractivity contribution in [3.8, 4) is 6.07 Å². The number of hydrogen-bond acceptors (Lipinski definition) is 4. The van der Waals surface area contributed by atoms with Crippen LogP contribution in [0.25, 0.3) is 0 Å². The maximum absolute atomic E-state index is 13.2. The Morgan fingerprint density at radius 2 is 1.83 bits per heavy atom. The molecule has 0 spiro atoms. The molecule has 124 valence electrons. The van der Waals surface area contributed by atoms with E-state index in [2.05, 4.69) is 0 Å². The van der Waals surface area contributed by atoms with Crippen LogP contribution in [-0.2, 0) is 21.0 Å². The van der Waals surface area contributed by atoms with Gasteiger partial charge in [-0.3, -0.25) is 9.59 Å². The van der Waals surface area contributed by atoms with E-state index >= 15 is 0 Å². The van der Waals surface area contributed by atoms with Gasteiger partial charge in [0, 0.05) is 5.56 Å². The molecule has 2 amide bonds. The molecule has 0 saturated carbocycles. The Morgan fingerprint density at radius 3 is 2.33 bits per heavy atom. The van der Waals surface area contributed by atoms with Gasteiger partial charge in [-0.1, -0.05) is 0 Å². The van der Waals surface area contributed by atoms with Gasteiger partial charge in [-0.05, 0) is 44.9 Å². The number of hydrogen-bond donors (Lipinski definition) is 0. The molecule has 0 aromatic heterocycles. The number of halogens is 1. The summed E-state index contributed by atoms with van der Waals surface area (Å²) in [6.07, 6.45) is 1.50. The average Bonchev–Trinajstić information content (AvgIpc) is 3.11. The Hall–Kier alpha value is -2.26. The Balaban J connectivity index is 1.78. The zero-order valence-corrected chi connectivity index (χ0v) is 13.5. The number of nitriles is 1. The highest BCUT2D eigenvalue weighted by atomic mass is 19.1. The highest BCUT2D eigenvalue weighted by Gasteiger charge is 2.72. The molecule has 1 aromatic carbocycles. The first-order valence-electron chi connectivity index (χ1n) is 8.01. The number of imide groups is 1. The largest absolute Gasteiger partial charge is 0.367 e. The second kappa shape index (κ2) is 4.64. The molecule has 2 unspecified atom stereocenters. The number of carbonyl (C=O) groups excluding carboxylic acids is 2. The minimum atomic E-state index is -0.821. The normalized spacial score (nSPS) is 37.0. The van der Waals surface area contributed by atoms with E-state index in [0.29, 0.717) is 5.69 Å². The topological polar surface area (TPSA) is 70.4 Å². The zero-order chi connectivity index (χ0) is 17.3. The quantitative estimate of drug-likeness (QED) is 0.782. The Labute approximate surface area is 139 Å². The molecule has 3 aliphatic heterocycles. The average molecular weight is 328 g/mol. The predicted octanol–water partition coefficient (Wildman–Crippen LogP) is 2.47. The van der Waals surface area contributed by atoms with E-state index in [9.17, 15) is 14.0 Å². The van der Waals surface area contributed by atoms with Crippen molar-refractivity contribution in [2.24, 2.45) is 11.8 Å². The second-order valence-electron chi connectivity index (χ2n) is 7.28. The number of benzene rings is 1. The SMILES string of the molecule is CC12CCC(C)(O1)[C@H]1C(=O)N(c3ccc(C#N)c(CF)c3)C(=O)[C@H]12. The van der Waals surface area contributed by atoms with Gasteiger partial charge in [-0.25, -0.2) is 9.29 Å². The number of amides is 2. The molecule has 3 fully saturated rings. The van der Waals surface area contributed by atoms with E-state index in [-0.39, 0.29) is 22.9 Å². The number of alkyl halides is 1. The lowest BCUT2D eigenvalue weighted by molar-refractivity contribution is -0.129. The summed E-state index contributed by atoms with van der Waals surface area (Å²) in [5.74, 6) is -1.56. The van der Waals surface area contributed by atoms with E-state index < -0.39 is 29.7 Å². The fraction of sp³-hybridized carbons (Fsp3) is 0.500. The van der Waals surface area contributed by atoms with Crippen molar-refractivity contribution in [1.29, 1.82) is 5.26 Å². The minimum absolute atomic E-state index is 0.185. The molecule has 0 aliphatic carbocycles. The van der Waals surface area contributed by atoms with E-state index in [0.717, 1.165) is 17.7 Å². The number of nitrogens with zero attached hydrogens (tertiary/aromatic N) is 2. The third-order valence-electron chi connectivity index (χ3n) is 5.82. The molecule has 0 radical (unpaired) electrons. The standard InChI is InChI=1S/C18H17FN2O3/c1-17-5-6-18(2,24-17)14-13(17)15(22)21(16(14)23)12-4-3-10(9-20)11(7-12)8-19/h3-4,7,13-14H,5-6,8H2,1-2H3/t13-,14+,17?,18?. The van der Waals surface area contributed by atoms with Crippen LogP contribution in [0.15, 0.2) is 18.2 Å².